The van der Waals surface area contributed by atoms with Crippen molar-refractivity contribution in [1.82, 2.24) is 0 Å². The number of hydrogen-bond donors (Lipinski definition) is 1. The van der Waals surface area contributed by atoms with E-state index in [9.17, 15) is 13.2 Å². The SMILES string of the molecule is CS(=O)(=O)N1C[C@H](C(=O)Nc2c(Cl)cccc2Cl)Oc2ccc(Cl)cc21. The van der Waals surface area contributed by atoms with E-state index < -0.39 is 22.0 Å². The van der Waals surface area contributed by atoms with Crippen LogP contribution in [0.1, 0.15) is 0 Å². The quantitative estimate of drug-likeness (QED) is 0.795. The summed E-state index contributed by atoms with van der Waals surface area (Å²) in [6.07, 6.45) is -0.0474. The van der Waals surface area contributed by atoms with Gasteiger partial charge in [-0.2, -0.15) is 0 Å². The summed E-state index contributed by atoms with van der Waals surface area (Å²) in [6.45, 7) is -0.208. The van der Waals surface area contributed by atoms with Gasteiger partial charge in [0.1, 0.15) is 5.75 Å². The van der Waals surface area contributed by atoms with E-state index in [0.717, 1.165) is 10.6 Å². The van der Waals surface area contributed by atoms with Crippen molar-refractivity contribution in [3.63, 3.8) is 0 Å². The van der Waals surface area contributed by atoms with Crippen LogP contribution in [0, 0.1) is 0 Å². The van der Waals surface area contributed by atoms with Gasteiger partial charge in [-0.15, -0.1) is 0 Å². The number of carbonyl (C=O) groups excluding carboxylic acids is 1. The third-order valence-corrected chi connectivity index (χ3v) is 5.71. The normalized spacial score (nSPS) is 16.6. The molecule has 0 bridgehead atoms. The van der Waals surface area contributed by atoms with Crippen molar-refractivity contribution in [2.75, 3.05) is 22.4 Å². The van der Waals surface area contributed by atoms with Crippen molar-refractivity contribution in [3.8, 4) is 5.75 Å². The summed E-state index contributed by atoms with van der Waals surface area (Å²) >= 11 is 18.1. The third kappa shape index (κ3) is 3.86. The first-order chi connectivity index (χ1) is 12.2. The topological polar surface area (TPSA) is 75.7 Å². The van der Waals surface area contributed by atoms with Crippen LogP contribution < -0.4 is 14.4 Å². The third-order valence-electron chi connectivity index (χ3n) is 3.69. The van der Waals surface area contributed by atoms with Crippen molar-refractivity contribution in [1.29, 1.82) is 0 Å². The minimum atomic E-state index is -3.65. The predicted octanol–water partition coefficient (Wildman–Crippen LogP) is 3.81. The zero-order valence-electron chi connectivity index (χ0n) is 13.4. The molecule has 10 heteroatoms. The van der Waals surface area contributed by atoms with Gasteiger partial charge in [0.05, 0.1) is 34.2 Å². The second kappa shape index (κ2) is 7.15. The van der Waals surface area contributed by atoms with Crippen LogP contribution in [0.25, 0.3) is 0 Å². The molecule has 26 heavy (non-hydrogen) atoms. The summed E-state index contributed by atoms with van der Waals surface area (Å²) in [5.74, 6) is -0.342. The lowest BCUT2D eigenvalue weighted by molar-refractivity contribution is -0.122. The molecule has 2 aromatic rings. The lowest BCUT2D eigenvalue weighted by Gasteiger charge is -2.34. The number of anilines is 2. The molecule has 0 unspecified atom stereocenters. The maximum Gasteiger partial charge on any atom is 0.267 e. The van der Waals surface area contributed by atoms with Crippen LogP contribution in [0.2, 0.25) is 15.1 Å². The van der Waals surface area contributed by atoms with Gasteiger partial charge in [0, 0.05) is 5.02 Å². The van der Waals surface area contributed by atoms with E-state index in [-0.39, 0.29) is 33.7 Å². The number of para-hydroxylation sites is 1. The lowest BCUT2D eigenvalue weighted by atomic mass is 10.2. The summed E-state index contributed by atoms with van der Waals surface area (Å²) < 4.78 is 31.0. The Bertz CT molecular complexity index is 961. The average molecular weight is 436 g/mol. The molecule has 0 saturated heterocycles. The van der Waals surface area contributed by atoms with E-state index in [1.165, 1.54) is 12.1 Å². The number of amides is 1. The highest BCUT2D eigenvalue weighted by Crippen LogP contribution is 2.37. The molecular formula is C16H13Cl3N2O4S. The summed E-state index contributed by atoms with van der Waals surface area (Å²) in [7, 11) is -3.65. The van der Waals surface area contributed by atoms with Gasteiger partial charge >= 0.3 is 0 Å². The van der Waals surface area contributed by atoms with Crippen LogP contribution in [-0.4, -0.2) is 33.2 Å². The van der Waals surface area contributed by atoms with Crippen LogP contribution in [0.3, 0.4) is 0 Å². The van der Waals surface area contributed by atoms with E-state index in [1.807, 2.05) is 0 Å². The number of hydrogen-bond acceptors (Lipinski definition) is 4. The van der Waals surface area contributed by atoms with Crippen LogP contribution in [-0.2, 0) is 14.8 Å². The molecule has 1 amide bonds. The summed E-state index contributed by atoms with van der Waals surface area (Å²) in [6, 6.07) is 9.32. The van der Waals surface area contributed by atoms with Crippen molar-refractivity contribution >= 4 is 62.1 Å². The monoisotopic (exact) mass is 434 g/mol. The van der Waals surface area contributed by atoms with Crippen LogP contribution >= 0.6 is 34.8 Å². The van der Waals surface area contributed by atoms with E-state index in [2.05, 4.69) is 5.32 Å². The van der Waals surface area contributed by atoms with Gasteiger partial charge < -0.3 is 10.1 Å². The van der Waals surface area contributed by atoms with Crippen LogP contribution in [0.15, 0.2) is 36.4 Å². The van der Waals surface area contributed by atoms with Gasteiger partial charge in [-0.25, -0.2) is 8.42 Å². The van der Waals surface area contributed by atoms with Gasteiger partial charge in [0.15, 0.2) is 6.10 Å². The number of nitrogens with zero attached hydrogens (tertiary/aromatic N) is 1. The molecule has 3 rings (SSSR count). The summed E-state index contributed by atoms with van der Waals surface area (Å²) in [5.41, 5.74) is 0.511. The number of halogens is 3. The number of ether oxygens (including phenoxy) is 1. The van der Waals surface area contributed by atoms with E-state index in [0.29, 0.717) is 5.02 Å². The Kier molecular flexibility index (Phi) is 5.25. The fraction of sp³-hybridized carbons (Fsp3) is 0.188. The maximum atomic E-state index is 12.6. The fourth-order valence-corrected chi connectivity index (χ4v) is 4.06. The molecule has 1 aliphatic rings. The molecule has 0 fully saturated rings. The Labute approximate surface area is 165 Å². The van der Waals surface area contributed by atoms with Crippen molar-refractivity contribution in [3.05, 3.63) is 51.5 Å². The number of fused-ring (bicyclic) bond motifs is 1. The standard InChI is InChI=1S/C16H13Cl3N2O4S/c1-26(23,24)21-8-14(25-13-6-5-9(17)7-12(13)21)16(22)20-15-10(18)3-2-4-11(15)19/h2-7,14H,8H2,1H3,(H,20,22)/t14-/m1/s1. The number of nitrogens with one attached hydrogen (secondary N) is 1. The fourth-order valence-electron chi connectivity index (χ4n) is 2.50. The Morgan fingerprint density at radius 1 is 1.19 bits per heavy atom. The van der Waals surface area contributed by atoms with Crippen LogP contribution in [0.4, 0.5) is 11.4 Å². The molecule has 1 heterocycles. The Hall–Kier alpha value is -1.67. The largest absolute Gasteiger partial charge is 0.476 e. The molecule has 138 valence electrons. The number of sulfonamides is 1. The summed E-state index contributed by atoms with van der Waals surface area (Å²) in [5, 5.41) is 3.46. The first kappa shape index (κ1) is 19.1. The zero-order chi connectivity index (χ0) is 19.1. The molecule has 1 N–H and O–H groups in total. The van der Waals surface area contributed by atoms with E-state index in [4.69, 9.17) is 39.5 Å². The zero-order valence-corrected chi connectivity index (χ0v) is 16.5. The van der Waals surface area contributed by atoms with Gasteiger partial charge in [-0.05, 0) is 30.3 Å². The maximum absolute atomic E-state index is 12.6. The van der Waals surface area contributed by atoms with E-state index in [1.54, 1.807) is 24.3 Å². The molecule has 0 spiro atoms. The molecule has 0 aromatic heterocycles. The number of benzene rings is 2. The van der Waals surface area contributed by atoms with Gasteiger partial charge in [0.25, 0.3) is 5.91 Å². The van der Waals surface area contributed by atoms with Gasteiger partial charge in [0.2, 0.25) is 10.0 Å². The Morgan fingerprint density at radius 3 is 2.46 bits per heavy atom. The Morgan fingerprint density at radius 2 is 1.85 bits per heavy atom. The molecule has 2 aromatic carbocycles. The molecule has 0 aliphatic carbocycles. The minimum absolute atomic E-state index is 0.208. The molecular weight excluding hydrogens is 423 g/mol. The summed E-state index contributed by atoms with van der Waals surface area (Å²) in [4.78, 5) is 12.6. The van der Waals surface area contributed by atoms with Gasteiger partial charge in [-0.1, -0.05) is 40.9 Å². The van der Waals surface area contributed by atoms with Crippen molar-refractivity contribution in [2.24, 2.45) is 0 Å². The number of rotatable bonds is 3. The van der Waals surface area contributed by atoms with E-state index >= 15 is 0 Å². The molecule has 6 nitrogen and oxygen atoms in total. The van der Waals surface area contributed by atoms with Crippen molar-refractivity contribution < 1.29 is 17.9 Å². The first-order valence-electron chi connectivity index (χ1n) is 7.35. The van der Waals surface area contributed by atoms with Crippen molar-refractivity contribution in [2.45, 2.75) is 6.10 Å². The first-order valence-corrected chi connectivity index (χ1v) is 10.3. The molecule has 0 radical (unpaired) electrons. The highest BCUT2D eigenvalue weighted by Gasteiger charge is 2.35. The predicted molar refractivity (Wildman–Crippen MR) is 103 cm³/mol. The van der Waals surface area contributed by atoms with Crippen LogP contribution in [0.5, 0.6) is 5.75 Å². The number of carbonyl (C=O) groups is 1. The molecule has 1 aliphatic heterocycles. The second-order valence-electron chi connectivity index (χ2n) is 5.60. The highest BCUT2D eigenvalue weighted by atomic mass is 35.5. The highest BCUT2D eigenvalue weighted by molar-refractivity contribution is 7.92. The second-order valence-corrected chi connectivity index (χ2v) is 8.76. The molecule has 1 atom stereocenters. The van der Waals surface area contributed by atoms with Gasteiger partial charge in [-0.3, -0.25) is 9.10 Å². The lowest BCUT2D eigenvalue weighted by Crippen LogP contribution is -2.48. The smallest absolute Gasteiger partial charge is 0.267 e. The average Bonchev–Trinajstić information content (AvgIpc) is 2.56. The minimum Gasteiger partial charge on any atom is -0.476 e. The molecule has 0 saturated carbocycles. The Balaban J connectivity index is 1.92.